The lowest BCUT2D eigenvalue weighted by atomic mass is 10.1. The topological polar surface area (TPSA) is 66.8 Å². The zero-order valence-electron chi connectivity index (χ0n) is 14.6. The molecule has 1 fully saturated rings. The van der Waals surface area contributed by atoms with E-state index in [4.69, 9.17) is 33.7 Å². The van der Waals surface area contributed by atoms with Gasteiger partial charge in [-0.15, -0.1) is 0 Å². The van der Waals surface area contributed by atoms with Crippen LogP contribution in [0.3, 0.4) is 0 Å². The molecule has 144 valence electrons. The van der Waals surface area contributed by atoms with Gasteiger partial charge in [0, 0.05) is 22.7 Å². The third-order valence-electron chi connectivity index (χ3n) is 3.97. The molecule has 28 heavy (non-hydrogen) atoms. The standard InChI is InChI=1S/C20H16ClNO4S2/c21-15-7-3-1-6-14(15)12-26-16-8-4-2-5-13(16)11-17-19(25)22(20(27)28-17)10-9-18(23)24/h1-8,11H,9-10,12H2,(H,23,24)/b17-11+. The van der Waals surface area contributed by atoms with E-state index in [-0.39, 0.29) is 18.9 Å². The molecule has 8 heteroatoms. The first-order valence-corrected chi connectivity index (χ1v) is 9.98. The van der Waals surface area contributed by atoms with E-state index in [9.17, 15) is 9.59 Å². The van der Waals surface area contributed by atoms with Crippen LogP contribution in [-0.4, -0.2) is 32.7 Å². The van der Waals surface area contributed by atoms with Crippen molar-refractivity contribution in [3.8, 4) is 5.75 Å². The second kappa shape index (κ2) is 9.23. The Hall–Kier alpha value is -2.35. The van der Waals surface area contributed by atoms with Crippen LogP contribution in [0.4, 0.5) is 0 Å². The molecule has 0 aliphatic carbocycles. The third kappa shape index (κ3) is 4.92. The SMILES string of the molecule is O=C(O)CCN1C(=O)/C(=C\c2ccccc2OCc2ccccc2Cl)SC1=S. The minimum atomic E-state index is -0.976. The Morgan fingerprint density at radius 2 is 1.93 bits per heavy atom. The van der Waals surface area contributed by atoms with E-state index < -0.39 is 5.97 Å². The number of halogens is 1. The average Bonchev–Trinajstić information content (AvgIpc) is 2.93. The van der Waals surface area contributed by atoms with Crippen molar-refractivity contribution < 1.29 is 19.4 Å². The van der Waals surface area contributed by atoms with Gasteiger partial charge in [0.25, 0.3) is 5.91 Å². The Kier molecular flexibility index (Phi) is 6.72. The third-order valence-corrected chi connectivity index (χ3v) is 5.72. The molecule has 1 heterocycles. The van der Waals surface area contributed by atoms with Crippen molar-refractivity contribution in [2.75, 3.05) is 6.54 Å². The Bertz CT molecular complexity index is 961. The highest BCUT2D eigenvalue weighted by Crippen LogP contribution is 2.34. The minimum Gasteiger partial charge on any atom is -0.488 e. The quantitative estimate of drug-likeness (QED) is 0.508. The average molecular weight is 434 g/mol. The molecule has 1 aliphatic rings. The monoisotopic (exact) mass is 433 g/mol. The molecule has 0 unspecified atom stereocenters. The van der Waals surface area contributed by atoms with Gasteiger partial charge in [0.05, 0.1) is 11.3 Å². The van der Waals surface area contributed by atoms with Crippen LogP contribution in [-0.2, 0) is 16.2 Å². The molecule has 0 saturated carbocycles. The van der Waals surface area contributed by atoms with E-state index >= 15 is 0 Å². The van der Waals surface area contributed by atoms with Gasteiger partial charge in [0.1, 0.15) is 16.7 Å². The molecule has 0 spiro atoms. The first-order valence-electron chi connectivity index (χ1n) is 8.38. The lowest BCUT2D eigenvalue weighted by Crippen LogP contribution is -2.30. The number of nitrogens with zero attached hydrogens (tertiary/aromatic N) is 1. The van der Waals surface area contributed by atoms with Gasteiger partial charge >= 0.3 is 5.97 Å². The molecule has 5 nitrogen and oxygen atoms in total. The first kappa shape index (κ1) is 20.4. The molecule has 3 rings (SSSR count). The molecule has 1 amide bonds. The summed E-state index contributed by atoms with van der Waals surface area (Å²) in [6.07, 6.45) is 1.55. The van der Waals surface area contributed by atoms with Crippen LogP contribution in [0.25, 0.3) is 6.08 Å². The normalized spacial score (nSPS) is 15.3. The Morgan fingerprint density at radius 1 is 1.21 bits per heavy atom. The van der Waals surface area contributed by atoms with Crippen molar-refractivity contribution in [2.24, 2.45) is 0 Å². The lowest BCUT2D eigenvalue weighted by Gasteiger charge is -2.12. The second-order valence-corrected chi connectivity index (χ2v) is 7.98. The van der Waals surface area contributed by atoms with Gasteiger partial charge in [-0.3, -0.25) is 14.5 Å². The maximum Gasteiger partial charge on any atom is 0.305 e. The number of thioether (sulfide) groups is 1. The first-order chi connectivity index (χ1) is 13.5. The Balaban J connectivity index is 1.77. The van der Waals surface area contributed by atoms with Crippen molar-refractivity contribution in [3.63, 3.8) is 0 Å². The van der Waals surface area contributed by atoms with Gasteiger partial charge in [-0.2, -0.15) is 0 Å². The van der Waals surface area contributed by atoms with E-state index in [0.717, 1.165) is 22.9 Å². The molecule has 0 atom stereocenters. The van der Waals surface area contributed by atoms with Gasteiger partial charge in [-0.1, -0.05) is 72.0 Å². The molecular weight excluding hydrogens is 418 g/mol. The number of hydrogen-bond donors (Lipinski definition) is 1. The van der Waals surface area contributed by atoms with Gasteiger partial charge < -0.3 is 9.84 Å². The fourth-order valence-electron chi connectivity index (χ4n) is 2.54. The van der Waals surface area contributed by atoms with Crippen molar-refractivity contribution in [2.45, 2.75) is 13.0 Å². The molecule has 1 saturated heterocycles. The number of thiocarbonyl (C=S) groups is 1. The summed E-state index contributed by atoms with van der Waals surface area (Å²) in [7, 11) is 0. The van der Waals surface area contributed by atoms with E-state index in [1.54, 1.807) is 12.1 Å². The molecule has 0 radical (unpaired) electrons. The Labute approximate surface area is 176 Å². The van der Waals surface area contributed by atoms with E-state index in [0.29, 0.717) is 26.6 Å². The van der Waals surface area contributed by atoms with Gasteiger partial charge in [0.15, 0.2) is 0 Å². The number of rotatable bonds is 7. The predicted molar refractivity (Wildman–Crippen MR) is 114 cm³/mol. The largest absolute Gasteiger partial charge is 0.488 e. The van der Waals surface area contributed by atoms with Crippen LogP contribution >= 0.6 is 35.6 Å². The van der Waals surface area contributed by atoms with Crippen LogP contribution in [0.1, 0.15) is 17.5 Å². The zero-order valence-corrected chi connectivity index (χ0v) is 17.0. The number of aliphatic carboxylic acids is 1. The van der Waals surface area contributed by atoms with E-state index in [1.807, 2.05) is 42.5 Å². The van der Waals surface area contributed by atoms with Crippen molar-refractivity contribution in [3.05, 3.63) is 69.6 Å². The van der Waals surface area contributed by atoms with E-state index in [2.05, 4.69) is 0 Å². The fraction of sp³-hybridized carbons (Fsp3) is 0.150. The number of amides is 1. The summed E-state index contributed by atoms with van der Waals surface area (Å²) in [4.78, 5) is 25.1. The summed E-state index contributed by atoms with van der Waals surface area (Å²) < 4.78 is 6.26. The lowest BCUT2D eigenvalue weighted by molar-refractivity contribution is -0.137. The maximum atomic E-state index is 12.6. The fourth-order valence-corrected chi connectivity index (χ4v) is 4.03. The highest BCUT2D eigenvalue weighted by atomic mass is 35.5. The molecule has 1 N–H and O–H groups in total. The van der Waals surface area contributed by atoms with Gasteiger partial charge in [-0.05, 0) is 18.2 Å². The molecule has 0 bridgehead atoms. The minimum absolute atomic E-state index is 0.0575. The van der Waals surface area contributed by atoms with Crippen LogP contribution in [0.15, 0.2) is 53.4 Å². The number of carboxylic acids is 1. The van der Waals surface area contributed by atoms with Crippen LogP contribution < -0.4 is 4.74 Å². The van der Waals surface area contributed by atoms with Crippen molar-refractivity contribution in [1.29, 1.82) is 0 Å². The van der Waals surface area contributed by atoms with Crippen LogP contribution in [0, 0.1) is 0 Å². The Morgan fingerprint density at radius 3 is 2.68 bits per heavy atom. The zero-order chi connectivity index (χ0) is 20.1. The molecular formula is C20H16ClNO4S2. The summed E-state index contributed by atoms with van der Waals surface area (Å²) >= 11 is 12.5. The highest BCUT2D eigenvalue weighted by molar-refractivity contribution is 8.26. The number of carboxylic acid groups (broad SMARTS) is 1. The van der Waals surface area contributed by atoms with Crippen LogP contribution in [0.2, 0.25) is 5.02 Å². The molecule has 2 aromatic rings. The highest BCUT2D eigenvalue weighted by Gasteiger charge is 2.32. The van der Waals surface area contributed by atoms with Crippen molar-refractivity contribution >= 4 is 57.9 Å². The maximum absolute atomic E-state index is 12.6. The molecule has 0 aromatic heterocycles. The number of para-hydroxylation sites is 1. The summed E-state index contributed by atoms with van der Waals surface area (Å²) in [6, 6.07) is 14.8. The summed E-state index contributed by atoms with van der Waals surface area (Å²) in [5.41, 5.74) is 1.59. The molecule has 1 aliphatic heterocycles. The van der Waals surface area contributed by atoms with Gasteiger partial charge in [-0.25, -0.2) is 0 Å². The summed E-state index contributed by atoms with van der Waals surface area (Å²) in [5, 5.41) is 9.45. The summed E-state index contributed by atoms with van der Waals surface area (Å²) in [6.45, 7) is 0.353. The number of benzene rings is 2. The van der Waals surface area contributed by atoms with Crippen LogP contribution in [0.5, 0.6) is 5.75 Å². The smallest absolute Gasteiger partial charge is 0.305 e. The molecule has 2 aromatic carbocycles. The summed E-state index contributed by atoms with van der Waals surface area (Å²) in [5.74, 6) is -0.660. The number of hydrogen-bond acceptors (Lipinski definition) is 5. The second-order valence-electron chi connectivity index (χ2n) is 5.89. The van der Waals surface area contributed by atoms with E-state index in [1.165, 1.54) is 4.90 Å². The van der Waals surface area contributed by atoms with Crippen molar-refractivity contribution in [1.82, 2.24) is 4.90 Å². The predicted octanol–water partition coefficient (Wildman–Crippen LogP) is 4.59. The number of ether oxygens (including phenoxy) is 1. The number of carbonyl (C=O) groups excluding carboxylic acids is 1. The number of carbonyl (C=O) groups is 2. The van der Waals surface area contributed by atoms with Gasteiger partial charge in [0.2, 0.25) is 0 Å².